The molecule has 0 aromatic carbocycles. The van der Waals surface area contributed by atoms with Crippen LogP contribution < -0.4 is 5.32 Å². The second kappa shape index (κ2) is 6.95. The van der Waals surface area contributed by atoms with E-state index in [4.69, 9.17) is 4.74 Å². The van der Waals surface area contributed by atoms with Gasteiger partial charge >= 0.3 is 0 Å². The molecular formula is C14H24N4OS. The highest BCUT2D eigenvalue weighted by atomic mass is 32.1. The SMILES string of the molecule is COCc1nc(CN2CCC(N3CCNCC3)C2)cs1. The summed E-state index contributed by atoms with van der Waals surface area (Å²) < 4.78 is 5.13. The Morgan fingerprint density at radius 2 is 2.25 bits per heavy atom. The Hall–Kier alpha value is -0.530. The van der Waals surface area contributed by atoms with Crippen LogP contribution in [-0.2, 0) is 17.9 Å². The molecule has 3 heterocycles. The van der Waals surface area contributed by atoms with E-state index in [-0.39, 0.29) is 0 Å². The average Bonchev–Trinajstić information content (AvgIpc) is 3.11. The fraction of sp³-hybridized carbons (Fsp3) is 0.786. The number of ether oxygens (including phenoxy) is 1. The van der Waals surface area contributed by atoms with Crippen LogP contribution in [0.25, 0.3) is 0 Å². The molecule has 0 spiro atoms. The van der Waals surface area contributed by atoms with Crippen molar-refractivity contribution in [3.05, 3.63) is 16.1 Å². The van der Waals surface area contributed by atoms with E-state index in [1.807, 2.05) is 0 Å². The van der Waals surface area contributed by atoms with Crippen LogP contribution >= 0.6 is 11.3 Å². The van der Waals surface area contributed by atoms with Crippen molar-refractivity contribution in [2.45, 2.75) is 25.6 Å². The Labute approximate surface area is 124 Å². The lowest BCUT2D eigenvalue weighted by atomic mass is 10.2. The molecule has 0 saturated carbocycles. The summed E-state index contributed by atoms with van der Waals surface area (Å²) in [5.41, 5.74) is 1.20. The van der Waals surface area contributed by atoms with Gasteiger partial charge < -0.3 is 10.1 Å². The van der Waals surface area contributed by atoms with Crippen molar-refractivity contribution in [3.63, 3.8) is 0 Å². The maximum Gasteiger partial charge on any atom is 0.119 e. The first-order valence-corrected chi connectivity index (χ1v) is 8.32. The highest BCUT2D eigenvalue weighted by Crippen LogP contribution is 2.19. The first-order chi connectivity index (χ1) is 9.85. The van der Waals surface area contributed by atoms with Gasteiger partial charge in [0.2, 0.25) is 0 Å². The Kier molecular flexibility index (Phi) is 5.01. The summed E-state index contributed by atoms with van der Waals surface area (Å²) in [6.07, 6.45) is 1.30. The van der Waals surface area contributed by atoms with Crippen molar-refractivity contribution in [1.29, 1.82) is 0 Å². The van der Waals surface area contributed by atoms with Crippen LogP contribution in [0.4, 0.5) is 0 Å². The van der Waals surface area contributed by atoms with Crippen molar-refractivity contribution >= 4 is 11.3 Å². The van der Waals surface area contributed by atoms with Gasteiger partial charge in [-0.05, 0) is 6.42 Å². The summed E-state index contributed by atoms with van der Waals surface area (Å²) in [7, 11) is 1.72. The van der Waals surface area contributed by atoms with Crippen LogP contribution in [0.1, 0.15) is 17.1 Å². The molecule has 0 amide bonds. The van der Waals surface area contributed by atoms with Crippen molar-refractivity contribution < 1.29 is 4.74 Å². The predicted octanol–water partition coefficient (Wildman–Crippen LogP) is 0.769. The fourth-order valence-electron chi connectivity index (χ4n) is 3.14. The first kappa shape index (κ1) is 14.4. The van der Waals surface area contributed by atoms with Gasteiger partial charge in [-0.1, -0.05) is 0 Å². The van der Waals surface area contributed by atoms with Gasteiger partial charge in [0.15, 0.2) is 0 Å². The minimum atomic E-state index is 0.633. The summed E-state index contributed by atoms with van der Waals surface area (Å²) >= 11 is 1.70. The summed E-state index contributed by atoms with van der Waals surface area (Å²) in [6, 6.07) is 0.745. The van der Waals surface area contributed by atoms with Crippen LogP contribution in [0.15, 0.2) is 5.38 Å². The number of piperazine rings is 1. The molecule has 3 rings (SSSR count). The summed E-state index contributed by atoms with van der Waals surface area (Å²) in [5.74, 6) is 0. The van der Waals surface area contributed by atoms with Gasteiger partial charge in [0.25, 0.3) is 0 Å². The number of methoxy groups -OCH3 is 1. The number of nitrogens with zero attached hydrogens (tertiary/aromatic N) is 3. The smallest absolute Gasteiger partial charge is 0.119 e. The zero-order valence-electron chi connectivity index (χ0n) is 12.2. The van der Waals surface area contributed by atoms with Crippen LogP contribution in [0.5, 0.6) is 0 Å². The second-order valence-electron chi connectivity index (χ2n) is 5.63. The van der Waals surface area contributed by atoms with Crippen molar-refractivity contribution in [3.8, 4) is 0 Å². The average molecular weight is 296 g/mol. The summed E-state index contributed by atoms with van der Waals surface area (Å²) in [6.45, 7) is 8.70. The van der Waals surface area contributed by atoms with E-state index in [9.17, 15) is 0 Å². The van der Waals surface area contributed by atoms with E-state index in [1.165, 1.54) is 38.3 Å². The van der Waals surface area contributed by atoms with Gasteiger partial charge in [0.1, 0.15) is 5.01 Å². The quantitative estimate of drug-likeness (QED) is 0.869. The number of hydrogen-bond donors (Lipinski definition) is 1. The van der Waals surface area contributed by atoms with Gasteiger partial charge in [-0.15, -0.1) is 11.3 Å². The maximum atomic E-state index is 5.13. The molecule has 2 fully saturated rings. The lowest BCUT2D eigenvalue weighted by Gasteiger charge is -2.32. The van der Waals surface area contributed by atoms with Crippen molar-refractivity contribution in [1.82, 2.24) is 20.1 Å². The van der Waals surface area contributed by atoms with Crippen LogP contribution in [0.2, 0.25) is 0 Å². The van der Waals surface area contributed by atoms with E-state index >= 15 is 0 Å². The molecule has 0 bridgehead atoms. The minimum Gasteiger partial charge on any atom is -0.378 e. The van der Waals surface area contributed by atoms with E-state index in [0.29, 0.717) is 6.61 Å². The van der Waals surface area contributed by atoms with Gasteiger partial charge in [-0.2, -0.15) is 0 Å². The Balaban J connectivity index is 1.49. The van der Waals surface area contributed by atoms with E-state index in [1.54, 1.807) is 18.4 Å². The standard InChI is InChI=1S/C14H24N4OS/c1-19-10-14-16-12(11-20-14)8-17-5-2-13(9-17)18-6-3-15-4-7-18/h11,13,15H,2-10H2,1H3. The minimum absolute atomic E-state index is 0.633. The van der Waals surface area contributed by atoms with Gasteiger partial charge in [0.05, 0.1) is 12.3 Å². The highest BCUT2D eigenvalue weighted by molar-refractivity contribution is 7.09. The molecule has 0 radical (unpaired) electrons. The lowest BCUT2D eigenvalue weighted by Crippen LogP contribution is -2.49. The van der Waals surface area contributed by atoms with Gasteiger partial charge in [-0.3, -0.25) is 9.80 Å². The Morgan fingerprint density at radius 1 is 1.40 bits per heavy atom. The fourth-order valence-corrected chi connectivity index (χ4v) is 3.90. The van der Waals surface area contributed by atoms with E-state index in [0.717, 1.165) is 30.7 Å². The van der Waals surface area contributed by atoms with Crippen LogP contribution in [0.3, 0.4) is 0 Å². The number of hydrogen-bond acceptors (Lipinski definition) is 6. The topological polar surface area (TPSA) is 40.6 Å². The highest BCUT2D eigenvalue weighted by Gasteiger charge is 2.28. The number of thiazole rings is 1. The molecule has 2 aliphatic heterocycles. The molecule has 2 saturated heterocycles. The third-order valence-corrected chi connectivity index (χ3v) is 5.04. The third-order valence-electron chi connectivity index (χ3n) is 4.17. The molecule has 1 unspecified atom stereocenters. The first-order valence-electron chi connectivity index (χ1n) is 7.44. The van der Waals surface area contributed by atoms with E-state index < -0.39 is 0 Å². The number of rotatable bonds is 5. The molecule has 6 heteroatoms. The van der Waals surface area contributed by atoms with Crippen molar-refractivity contribution in [2.24, 2.45) is 0 Å². The molecule has 112 valence electrons. The molecular weight excluding hydrogens is 272 g/mol. The molecule has 0 aliphatic carbocycles. The third kappa shape index (κ3) is 3.56. The lowest BCUT2D eigenvalue weighted by molar-refractivity contribution is 0.170. The monoisotopic (exact) mass is 296 g/mol. The van der Waals surface area contributed by atoms with Crippen LogP contribution in [0, 0.1) is 0 Å². The largest absolute Gasteiger partial charge is 0.378 e. The molecule has 1 aromatic heterocycles. The Bertz CT molecular complexity index is 419. The molecule has 20 heavy (non-hydrogen) atoms. The predicted molar refractivity (Wildman–Crippen MR) is 81.0 cm³/mol. The summed E-state index contributed by atoms with van der Waals surface area (Å²) in [5, 5.41) is 6.68. The maximum absolute atomic E-state index is 5.13. The molecule has 1 N–H and O–H groups in total. The zero-order valence-corrected chi connectivity index (χ0v) is 13.0. The Morgan fingerprint density at radius 3 is 3.05 bits per heavy atom. The van der Waals surface area contributed by atoms with Gasteiger partial charge in [0, 0.05) is 64.3 Å². The normalized spacial score (nSPS) is 25.4. The second-order valence-corrected chi connectivity index (χ2v) is 6.57. The molecule has 2 aliphatic rings. The zero-order chi connectivity index (χ0) is 13.8. The van der Waals surface area contributed by atoms with E-state index in [2.05, 4.69) is 25.5 Å². The molecule has 1 atom stereocenters. The summed E-state index contributed by atoms with van der Waals surface area (Å²) in [4.78, 5) is 9.82. The number of nitrogens with one attached hydrogen (secondary N) is 1. The van der Waals surface area contributed by atoms with Gasteiger partial charge in [-0.25, -0.2) is 4.98 Å². The van der Waals surface area contributed by atoms with Crippen LogP contribution in [-0.4, -0.2) is 67.2 Å². The number of likely N-dealkylation sites (tertiary alicyclic amines) is 1. The molecule has 5 nitrogen and oxygen atoms in total. The van der Waals surface area contributed by atoms with Crippen molar-refractivity contribution in [2.75, 3.05) is 46.4 Å². The number of aromatic nitrogens is 1. The molecule has 1 aromatic rings.